The number of ether oxygens (including phenoxy) is 1. The molecule has 0 radical (unpaired) electrons. The zero-order valence-corrected chi connectivity index (χ0v) is 11.2. The maximum Gasteiger partial charge on any atom is 0.357 e. The molecule has 2 N–H and O–H groups in total. The number of halogens is 2. The summed E-state index contributed by atoms with van der Waals surface area (Å²) in [5.74, 6) is -3.07. The van der Waals surface area contributed by atoms with E-state index in [-0.39, 0.29) is 22.6 Å². The van der Waals surface area contributed by atoms with Crippen LogP contribution >= 0.6 is 0 Å². The molecule has 0 unspecified atom stereocenters. The van der Waals surface area contributed by atoms with Gasteiger partial charge in [-0.1, -0.05) is 0 Å². The van der Waals surface area contributed by atoms with Gasteiger partial charge in [-0.25, -0.2) is 13.6 Å². The fourth-order valence-electron chi connectivity index (χ4n) is 1.92. The molecular formula is C14H8F2N4O2. The number of anilines is 1. The third-order valence-corrected chi connectivity index (χ3v) is 2.96. The molecule has 1 heterocycles. The Bertz CT molecular complexity index is 836. The molecule has 1 aromatic heterocycles. The zero-order valence-electron chi connectivity index (χ0n) is 11.2. The number of hydrogen-bond donors (Lipinski definition) is 1. The molecule has 0 aliphatic rings. The number of nitriles is 2. The van der Waals surface area contributed by atoms with E-state index >= 15 is 0 Å². The molecule has 22 heavy (non-hydrogen) atoms. The highest BCUT2D eigenvalue weighted by Crippen LogP contribution is 2.26. The van der Waals surface area contributed by atoms with Crippen molar-refractivity contribution >= 4 is 11.7 Å². The van der Waals surface area contributed by atoms with Gasteiger partial charge < -0.3 is 15.0 Å². The largest absolute Gasteiger partial charge is 0.464 e. The van der Waals surface area contributed by atoms with Gasteiger partial charge in [-0.3, -0.25) is 0 Å². The molecule has 0 aliphatic carbocycles. The quantitative estimate of drug-likeness (QED) is 0.852. The zero-order chi connectivity index (χ0) is 16.4. The smallest absolute Gasteiger partial charge is 0.357 e. The summed E-state index contributed by atoms with van der Waals surface area (Å²) in [6.07, 6.45) is 1.15. The number of nitrogens with zero attached hydrogens (tertiary/aromatic N) is 3. The van der Waals surface area contributed by atoms with Crippen molar-refractivity contribution in [3.8, 4) is 17.8 Å². The summed E-state index contributed by atoms with van der Waals surface area (Å²) in [6.45, 7) is 0. The molecule has 0 fully saturated rings. The van der Waals surface area contributed by atoms with Crippen LogP contribution in [-0.4, -0.2) is 17.6 Å². The second kappa shape index (κ2) is 5.54. The first-order chi connectivity index (χ1) is 10.4. The van der Waals surface area contributed by atoms with Gasteiger partial charge in [0.15, 0.2) is 5.69 Å². The van der Waals surface area contributed by atoms with E-state index in [0.29, 0.717) is 0 Å². The summed E-state index contributed by atoms with van der Waals surface area (Å²) in [7, 11) is 1.10. The van der Waals surface area contributed by atoms with E-state index in [1.54, 1.807) is 6.07 Å². The Hall–Kier alpha value is -3.39. The first-order valence-electron chi connectivity index (χ1n) is 5.83. The van der Waals surface area contributed by atoms with Crippen LogP contribution in [0.5, 0.6) is 0 Å². The predicted molar refractivity (Wildman–Crippen MR) is 70.9 cm³/mol. The number of aromatic nitrogens is 1. The van der Waals surface area contributed by atoms with Crippen molar-refractivity contribution in [3.63, 3.8) is 0 Å². The molecule has 0 saturated heterocycles. The van der Waals surface area contributed by atoms with E-state index in [1.807, 2.05) is 0 Å². The number of carbonyl (C=O) groups is 1. The second-order valence-electron chi connectivity index (χ2n) is 4.17. The molecule has 0 spiro atoms. The molecule has 2 aromatic rings. The number of nitrogens with two attached hydrogens (primary N) is 1. The minimum absolute atomic E-state index is 0.0504. The Labute approximate surface area is 123 Å². The maximum absolute atomic E-state index is 13.7. The Morgan fingerprint density at radius 2 is 1.86 bits per heavy atom. The van der Waals surface area contributed by atoms with Crippen LogP contribution in [0.25, 0.3) is 5.69 Å². The van der Waals surface area contributed by atoms with Crippen molar-refractivity contribution in [1.82, 2.24) is 4.57 Å². The molecule has 0 aliphatic heterocycles. The number of methoxy groups -OCH3 is 1. The molecule has 8 heteroatoms. The number of rotatable bonds is 2. The number of benzene rings is 1. The lowest BCUT2D eigenvalue weighted by atomic mass is 10.2. The third kappa shape index (κ3) is 2.23. The van der Waals surface area contributed by atoms with Gasteiger partial charge in [-0.2, -0.15) is 10.5 Å². The minimum Gasteiger partial charge on any atom is -0.464 e. The van der Waals surface area contributed by atoms with Gasteiger partial charge in [0.1, 0.15) is 29.3 Å². The molecule has 0 amide bonds. The SMILES string of the molecule is COC(=O)c1c(N)c(C#N)cn1-c1cc(F)c(C#N)c(F)c1. The third-order valence-electron chi connectivity index (χ3n) is 2.96. The minimum atomic E-state index is -1.10. The van der Waals surface area contributed by atoms with Crippen LogP contribution in [0.3, 0.4) is 0 Å². The molecule has 2 rings (SSSR count). The number of hydrogen-bond acceptors (Lipinski definition) is 5. The van der Waals surface area contributed by atoms with Crippen molar-refractivity contribution < 1.29 is 18.3 Å². The van der Waals surface area contributed by atoms with Crippen LogP contribution in [0.4, 0.5) is 14.5 Å². The summed E-state index contributed by atoms with van der Waals surface area (Å²) < 4.78 is 33.0. The molecule has 6 nitrogen and oxygen atoms in total. The van der Waals surface area contributed by atoms with Gasteiger partial charge in [0.2, 0.25) is 0 Å². The van der Waals surface area contributed by atoms with Crippen molar-refractivity contribution in [2.24, 2.45) is 0 Å². The van der Waals surface area contributed by atoms with Crippen molar-refractivity contribution in [3.05, 3.63) is 46.8 Å². The van der Waals surface area contributed by atoms with Gasteiger partial charge in [0.25, 0.3) is 0 Å². The Morgan fingerprint density at radius 1 is 1.27 bits per heavy atom. The van der Waals surface area contributed by atoms with Crippen molar-refractivity contribution in [2.45, 2.75) is 0 Å². The van der Waals surface area contributed by atoms with E-state index < -0.39 is 23.2 Å². The van der Waals surface area contributed by atoms with Crippen LogP contribution in [-0.2, 0) is 4.74 Å². The highest BCUT2D eigenvalue weighted by molar-refractivity contribution is 5.95. The lowest BCUT2D eigenvalue weighted by Crippen LogP contribution is -2.11. The van der Waals surface area contributed by atoms with E-state index in [2.05, 4.69) is 4.74 Å². The summed E-state index contributed by atoms with van der Waals surface area (Å²) in [4.78, 5) is 11.8. The molecule has 0 saturated carbocycles. The highest BCUT2D eigenvalue weighted by Gasteiger charge is 2.23. The van der Waals surface area contributed by atoms with E-state index in [1.165, 1.54) is 6.07 Å². The van der Waals surface area contributed by atoms with E-state index in [9.17, 15) is 13.6 Å². The number of esters is 1. The Balaban J connectivity index is 2.76. The first-order valence-corrected chi connectivity index (χ1v) is 5.83. The van der Waals surface area contributed by atoms with E-state index in [0.717, 1.165) is 30.0 Å². The van der Waals surface area contributed by atoms with Crippen LogP contribution < -0.4 is 5.73 Å². The van der Waals surface area contributed by atoms with Crippen molar-refractivity contribution in [2.75, 3.05) is 12.8 Å². The lowest BCUT2D eigenvalue weighted by molar-refractivity contribution is 0.0593. The average molecular weight is 302 g/mol. The fourth-order valence-corrected chi connectivity index (χ4v) is 1.92. The second-order valence-corrected chi connectivity index (χ2v) is 4.17. The summed E-state index contributed by atoms with van der Waals surface area (Å²) in [6, 6.07) is 4.87. The molecule has 110 valence electrons. The van der Waals surface area contributed by atoms with Gasteiger partial charge in [0, 0.05) is 6.20 Å². The monoisotopic (exact) mass is 302 g/mol. The molecule has 0 atom stereocenters. The van der Waals surface area contributed by atoms with Crippen molar-refractivity contribution in [1.29, 1.82) is 10.5 Å². The Kier molecular flexibility index (Phi) is 3.78. The number of nitrogen functional groups attached to an aromatic ring is 1. The summed E-state index contributed by atoms with van der Waals surface area (Å²) in [5, 5.41) is 17.6. The molecule has 1 aromatic carbocycles. The molecular weight excluding hydrogens is 294 g/mol. The maximum atomic E-state index is 13.7. The van der Waals surface area contributed by atoms with Crippen LogP contribution in [0.1, 0.15) is 21.6 Å². The normalized spacial score (nSPS) is 9.86. The summed E-state index contributed by atoms with van der Waals surface area (Å²) >= 11 is 0. The fraction of sp³-hybridized carbons (Fsp3) is 0.0714. The number of carbonyl (C=O) groups excluding carboxylic acids is 1. The molecule has 0 bridgehead atoms. The lowest BCUT2D eigenvalue weighted by Gasteiger charge is -2.09. The summed E-state index contributed by atoms with van der Waals surface area (Å²) in [5.41, 5.74) is 4.37. The first kappa shape index (κ1) is 15.0. The predicted octanol–water partition coefficient (Wildman–Crippen LogP) is 1.87. The topological polar surface area (TPSA) is 105 Å². The van der Waals surface area contributed by atoms with Gasteiger partial charge in [-0.05, 0) is 12.1 Å². The van der Waals surface area contributed by atoms with Gasteiger partial charge in [0.05, 0.1) is 24.0 Å². The van der Waals surface area contributed by atoms with Gasteiger partial charge >= 0.3 is 5.97 Å². The van der Waals surface area contributed by atoms with Gasteiger partial charge in [-0.15, -0.1) is 0 Å². The highest BCUT2D eigenvalue weighted by atomic mass is 19.1. The standard InChI is InChI=1S/C14H8F2N4O2/c1-22-14(21)13-12(19)7(4-17)6-20(13)8-2-10(15)9(5-18)11(16)3-8/h2-3,6H,19H2,1H3. The Morgan fingerprint density at radius 3 is 2.32 bits per heavy atom. The van der Waals surface area contributed by atoms with Crippen LogP contribution in [0, 0.1) is 34.3 Å². The van der Waals surface area contributed by atoms with E-state index in [4.69, 9.17) is 16.3 Å². The van der Waals surface area contributed by atoms with Crippen LogP contribution in [0.15, 0.2) is 18.3 Å². The average Bonchev–Trinajstić information content (AvgIpc) is 2.83. The van der Waals surface area contributed by atoms with Crippen LogP contribution in [0.2, 0.25) is 0 Å².